The molecule has 0 saturated heterocycles. The lowest BCUT2D eigenvalue weighted by atomic mass is 9.89. The van der Waals surface area contributed by atoms with Gasteiger partial charge in [-0.25, -0.2) is 0 Å². The van der Waals surface area contributed by atoms with Crippen LogP contribution < -0.4 is 0 Å². The number of hydrogen-bond donors (Lipinski definition) is 0. The largest absolute Gasteiger partial charge is 0.293 e. The van der Waals surface area contributed by atoms with Gasteiger partial charge < -0.3 is 0 Å². The molecule has 2 heteroatoms. The molecule has 0 amide bonds. The van der Waals surface area contributed by atoms with Crippen LogP contribution in [0.3, 0.4) is 0 Å². The van der Waals surface area contributed by atoms with E-state index in [1.807, 2.05) is 31.2 Å². The van der Waals surface area contributed by atoms with Crippen molar-refractivity contribution < 1.29 is 4.79 Å². The van der Waals surface area contributed by atoms with E-state index in [9.17, 15) is 4.79 Å². The molecule has 112 valence electrons. The van der Waals surface area contributed by atoms with Crippen molar-refractivity contribution in [1.29, 1.82) is 0 Å². The van der Waals surface area contributed by atoms with Crippen LogP contribution in [0.5, 0.6) is 0 Å². The second-order valence-electron chi connectivity index (χ2n) is 5.73. The van der Waals surface area contributed by atoms with Crippen LogP contribution in [0, 0.1) is 5.92 Å². The minimum absolute atomic E-state index is 0.0929. The second-order valence-corrected chi connectivity index (χ2v) is 5.73. The maximum Gasteiger partial charge on any atom is 0.173 e. The molecule has 1 atom stereocenters. The molecule has 21 heavy (non-hydrogen) atoms. The Morgan fingerprint density at radius 1 is 1.14 bits per heavy atom. The van der Waals surface area contributed by atoms with Gasteiger partial charge in [0.05, 0.1) is 11.6 Å². The number of unbranched alkanes of at least 4 members (excludes halogenated alkanes) is 4. The topological polar surface area (TPSA) is 29.4 Å². The van der Waals surface area contributed by atoms with Gasteiger partial charge in [0.25, 0.3) is 0 Å². The van der Waals surface area contributed by atoms with Gasteiger partial charge in [0.15, 0.2) is 5.78 Å². The number of Topliss-reactive ketones (excluding diaryl/α,β-unsaturated/α-hetero) is 1. The lowest BCUT2D eigenvalue weighted by Crippen LogP contribution is -2.24. The van der Waals surface area contributed by atoms with E-state index in [0.717, 1.165) is 29.8 Å². The van der Waals surface area contributed by atoms with E-state index in [1.54, 1.807) is 0 Å². The summed E-state index contributed by atoms with van der Waals surface area (Å²) in [7, 11) is 0. The number of ketones is 1. The number of para-hydroxylation sites is 1. The van der Waals surface area contributed by atoms with Gasteiger partial charge in [-0.1, -0.05) is 50.5 Å². The SMILES string of the molecule is CCCCCCC=CCC1=Nc2ccccc2C(=O)C1C. The second kappa shape index (κ2) is 7.92. The number of fused-ring (bicyclic) bond motifs is 1. The molecule has 1 unspecified atom stereocenters. The zero-order chi connectivity index (χ0) is 15.1. The maximum absolute atomic E-state index is 12.3. The molecule has 1 aromatic carbocycles. The minimum Gasteiger partial charge on any atom is -0.293 e. The third-order valence-electron chi connectivity index (χ3n) is 4.04. The van der Waals surface area contributed by atoms with Crippen LogP contribution in [-0.2, 0) is 0 Å². The summed E-state index contributed by atoms with van der Waals surface area (Å²) in [4.78, 5) is 17.0. The van der Waals surface area contributed by atoms with E-state index in [4.69, 9.17) is 0 Å². The van der Waals surface area contributed by atoms with Crippen LogP contribution in [0.15, 0.2) is 41.4 Å². The van der Waals surface area contributed by atoms with Gasteiger partial charge in [-0.2, -0.15) is 0 Å². The molecule has 2 nitrogen and oxygen atoms in total. The van der Waals surface area contributed by atoms with E-state index in [-0.39, 0.29) is 11.7 Å². The highest BCUT2D eigenvalue weighted by molar-refractivity contribution is 6.18. The van der Waals surface area contributed by atoms with Gasteiger partial charge in [0.2, 0.25) is 0 Å². The predicted molar refractivity (Wildman–Crippen MR) is 89.5 cm³/mol. The molecular weight excluding hydrogens is 258 g/mol. The van der Waals surface area contributed by atoms with Crippen molar-refractivity contribution in [3.05, 3.63) is 42.0 Å². The molecule has 1 aliphatic heterocycles. The van der Waals surface area contributed by atoms with Crippen LogP contribution >= 0.6 is 0 Å². The first-order valence-corrected chi connectivity index (χ1v) is 8.09. The van der Waals surface area contributed by atoms with Gasteiger partial charge >= 0.3 is 0 Å². The zero-order valence-electron chi connectivity index (χ0n) is 13.1. The summed E-state index contributed by atoms with van der Waals surface area (Å²) in [6.07, 6.45) is 11.5. The van der Waals surface area contributed by atoms with Crippen LogP contribution in [0.4, 0.5) is 5.69 Å². The first-order chi connectivity index (χ1) is 10.2. The number of carbonyl (C=O) groups is 1. The Balaban J connectivity index is 1.93. The Bertz CT molecular complexity index is 542. The Morgan fingerprint density at radius 2 is 1.95 bits per heavy atom. The van der Waals surface area contributed by atoms with Crippen molar-refractivity contribution in [3.8, 4) is 0 Å². The third kappa shape index (κ3) is 4.13. The van der Waals surface area contributed by atoms with Crippen molar-refractivity contribution in [2.45, 2.75) is 52.4 Å². The van der Waals surface area contributed by atoms with Gasteiger partial charge in [-0.3, -0.25) is 9.79 Å². The molecule has 0 fully saturated rings. The molecule has 0 saturated carbocycles. The highest BCUT2D eigenvalue weighted by Gasteiger charge is 2.26. The molecule has 0 aromatic heterocycles. The highest BCUT2D eigenvalue weighted by atomic mass is 16.1. The van der Waals surface area contributed by atoms with Gasteiger partial charge in [0.1, 0.15) is 0 Å². The molecule has 0 bridgehead atoms. The molecule has 0 radical (unpaired) electrons. The first-order valence-electron chi connectivity index (χ1n) is 8.09. The monoisotopic (exact) mass is 283 g/mol. The van der Waals surface area contributed by atoms with Crippen molar-refractivity contribution in [3.63, 3.8) is 0 Å². The van der Waals surface area contributed by atoms with Gasteiger partial charge in [-0.05, 0) is 31.9 Å². The lowest BCUT2D eigenvalue weighted by Gasteiger charge is -2.19. The normalized spacial score (nSPS) is 17.9. The average molecular weight is 283 g/mol. The number of benzene rings is 1. The number of rotatable bonds is 7. The Hall–Kier alpha value is -1.70. The van der Waals surface area contributed by atoms with Crippen molar-refractivity contribution in [2.75, 3.05) is 0 Å². The van der Waals surface area contributed by atoms with E-state index < -0.39 is 0 Å². The molecular formula is C19H25NO. The van der Waals surface area contributed by atoms with E-state index in [0.29, 0.717) is 0 Å². The summed E-state index contributed by atoms with van der Waals surface area (Å²) in [6.45, 7) is 4.19. The molecule has 1 aliphatic rings. The summed E-state index contributed by atoms with van der Waals surface area (Å²) in [5, 5.41) is 0. The highest BCUT2D eigenvalue weighted by Crippen LogP contribution is 2.29. The zero-order valence-corrected chi connectivity index (χ0v) is 13.1. The van der Waals surface area contributed by atoms with Crippen LogP contribution in [0.2, 0.25) is 0 Å². The molecule has 0 N–H and O–H groups in total. The van der Waals surface area contributed by atoms with Crippen molar-refractivity contribution >= 4 is 17.2 Å². The summed E-state index contributed by atoms with van der Waals surface area (Å²) in [6, 6.07) is 7.64. The van der Waals surface area contributed by atoms with E-state index in [2.05, 4.69) is 24.1 Å². The van der Waals surface area contributed by atoms with Crippen molar-refractivity contribution in [2.24, 2.45) is 10.9 Å². The van der Waals surface area contributed by atoms with Crippen molar-refractivity contribution in [1.82, 2.24) is 0 Å². The van der Waals surface area contributed by atoms with Crippen LogP contribution in [0.25, 0.3) is 0 Å². The Morgan fingerprint density at radius 3 is 2.76 bits per heavy atom. The van der Waals surface area contributed by atoms with E-state index >= 15 is 0 Å². The van der Waals surface area contributed by atoms with Crippen LogP contribution in [0.1, 0.15) is 62.7 Å². The quantitative estimate of drug-likeness (QED) is 0.479. The fraction of sp³-hybridized carbons (Fsp3) is 0.474. The number of allylic oxidation sites excluding steroid dienone is 2. The standard InChI is InChI=1S/C19H25NO/c1-3-4-5-6-7-8-9-13-17-15(2)19(21)16-12-10-11-14-18(16)20-17/h8-12,14-15H,3-7,13H2,1-2H3. The number of hydrogen-bond acceptors (Lipinski definition) is 2. The summed E-state index contributed by atoms with van der Waals surface area (Å²) in [5.41, 5.74) is 2.58. The summed E-state index contributed by atoms with van der Waals surface area (Å²) >= 11 is 0. The number of carbonyl (C=O) groups excluding carboxylic acids is 1. The number of aliphatic imine (C=N–C) groups is 1. The fourth-order valence-corrected chi connectivity index (χ4v) is 2.65. The van der Waals surface area contributed by atoms with Crippen LogP contribution in [-0.4, -0.2) is 11.5 Å². The average Bonchev–Trinajstić information content (AvgIpc) is 2.51. The fourth-order valence-electron chi connectivity index (χ4n) is 2.65. The van der Waals surface area contributed by atoms with Gasteiger partial charge in [0, 0.05) is 17.7 Å². The Kier molecular flexibility index (Phi) is 5.91. The molecule has 0 aliphatic carbocycles. The summed E-state index contributed by atoms with van der Waals surface area (Å²) in [5.74, 6) is 0.108. The minimum atomic E-state index is -0.0929. The number of nitrogens with zero attached hydrogens (tertiary/aromatic N) is 1. The molecule has 2 rings (SSSR count). The van der Waals surface area contributed by atoms with E-state index in [1.165, 1.54) is 25.7 Å². The molecule has 1 aromatic rings. The predicted octanol–water partition coefficient (Wildman–Crippen LogP) is 5.51. The molecule has 1 heterocycles. The smallest absolute Gasteiger partial charge is 0.173 e. The van der Waals surface area contributed by atoms with Gasteiger partial charge in [-0.15, -0.1) is 0 Å². The maximum atomic E-state index is 12.3. The Labute approximate surface area is 128 Å². The summed E-state index contributed by atoms with van der Waals surface area (Å²) < 4.78 is 0. The molecule has 0 spiro atoms. The first kappa shape index (κ1) is 15.7. The lowest BCUT2D eigenvalue weighted by molar-refractivity contribution is 0.0959. The third-order valence-corrected chi connectivity index (χ3v) is 4.04.